The zero-order valence-electron chi connectivity index (χ0n) is 10.3. The summed E-state index contributed by atoms with van der Waals surface area (Å²) < 4.78 is 6.19. The highest BCUT2D eigenvalue weighted by atomic mass is 16.4. The highest BCUT2D eigenvalue weighted by Gasteiger charge is 2.18. The van der Waals surface area contributed by atoms with E-state index in [0.717, 1.165) is 10.1 Å². The van der Waals surface area contributed by atoms with Crippen LogP contribution in [0, 0.1) is 6.92 Å². The Labute approximate surface area is 108 Å². The molecule has 0 spiro atoms. The lowest BCUT2D eigenvalue weighted by atomic mass is 10.2. The van der Waals surface area contributed by atoms with Crippen LogP contribution in [0.1, 0.15) is 15.9 Å². The van der Waals surface area contributed by atoms with E-state index in [9.17, 15) is 9.59 Å². The average molecular weight is 253 g/mol. The summed E-state index contributed by atoms with van der Waals surface area (Å²) >= 11 is 0. The van der Waals surface area contributed by atoms with E-state index < -0.39 is 5.76 Å². The third-order valence-corrected chi connectivity index (χ3v) is 3.03. The molecule has 4 heteroatoms. The third-order valence-electron chi connectivity index (χ3n) is 3.03. The number of carbonyl (C=O) groups is 1. The zero-order chi connectivity index (χ0) is 13.4. The van der Waals surface area contributed by atoms with Gasteiger partial charge in [0.2, 0.25) is 0 Å². The van der Waals surface area contributed by atoms with Crippen molar-refractivity contribution in [1.82, 2.24) is 4.57 Å². The molecule has 0 radical (unpaired) electrons. The smallest absolute Gasteiger partial charge is 0.407 e. The van der Waals surface area contributed by atoms with Crippen molar-refractivity contribution in [3.05, 3.63) is 70.2 Å². The Morgan fingerprint density at radius 2 is 1.79 bits per heavy atom. The number of aromatic nitrogens is 1. The van der Waals surface area contributed by atoms with Crippen LogP contribution in [0.5, 0.6) is 0 Å². The quantitative estimate of drug-likeness (QED) is 0.669. The number of aryl methyl sites for hydroxylation is 1. The number of rotatable bonds is 1. The minimum Gasteiger partial charge on any atom is -0.407 e. The molecule has 0 aliphatic carbocycles. The van der Waals surface area contributed by atoms with Crippen LogP contribution >= 0.6 is 0 Å². The van der Waals surface area contributed by atoms with Crippen LogP contribution < -0.4 is 5.76 Å². The van der Waals surface area contributed by atoms with Gasteiger partial charge in [0.25, 0.3) is 5.91 Å². The predicted molar refractivity (Wildman–Crippen MR) is 71.4 cm³/mol. The Hall–Kier alpha value is -2.62. The van der Waals surface area contributed by atoms with Crippen LogP contribution in [-0.2, 0) is 0 Å². The van der Waals surface area contributed by atoms with E-state index in [4.69, 9.17) is 4.42 Å². The Morgan fingerprint density at radius 1 is 1.05 bits per heavy atom. The van der Waals surface area contributed by atoms with Crippen molar-refractivity contribution < 1.29 is 9.21 Å². The van der Waals surface area contributed by atoms with Crippen LogP contribution in [0.15, 0.2) is 57.7 Å². The lowest BCUT2D eigenvalue weighted by Gasteiger charge is -2.02. The van der Waals surface area contributed by atoms with E-state index in [2.05, 4.69) is 0 Å². The molecule has 0 N–H and O–H groups in total. The van der Waals surface area contributed by atoms with Gasteiger partial charge in [-0.2, -0.15) is 0 Å². The fourth-order valence-electron chi connectivity index (χ4n) is 2.13. The molecule has 4 nitrogen and oxygen atoms in total. The lowest BCUT2D eigenvalue weighted by Crippen LogP contribution is -2.23. The van der Waals surface area contributed by atoms with Gasteiger partial charge in [-0.05, 0) is 30.7 Å². The molecule has 1 aromatic heterocycles. The summed E-state index contributed by atoms with van der Waals surface area (Å²) in [7, 11) is 0. The average Bonchev–Trinajstić information content (AvgIpc) is 2.76. The molecule has 3 rings (SSSR count). The minimum absolute atomic E-state index is 0.376. The van der Waals surface area contributed by atoms with Gasteiger partial charge in [-0.1, -0.05) is 30.3 Å². The standard InChI is InChI=1S/C15H11NO3/c1-10-6-5-9-12-13(10)16(15(18)19-12)14(17)11-7-3-2-4-8-11/h2-9H,1H3. The van der Waals surface area contributed by atoms with Gasteiger partial charge in [0.15, 0.2) is 5.58 Å². The van der Waals surface area contributed by atoms with Gasteiger partial charge in [-0.15, -0.1) is 0 Å². The molecule has 0 aliphatic rings. The monoisotopic (exact) mass is 253 g/mol. The molecule has 0 unspecified atom stereocenters. The van der Waals surface area contributed by atoms with Crippen LogP contribution in [0.2, 0.25) is 0 Å². The van der Waals surface area contributed by atoms with Crippen molar-refractivity contribution >= 4 is 17.0 Å². The van der Waals surface area contributed by atoms with E-state index in [1.54, 1.807) is 36.4 Å². The van der Waals surface area contributed by atoms with Gasteiger partial charge < -0.3 is 4.42 Å². The third kappa shape index (κ3) is 1.78. The molecule has 1 heterocycles. The van der Waals surface area contributed by atoms with Gasteiger partial charge in [0.05, 0.1) is 0 Å². The summed E-state index contributed by atoms with van der Waals surface area (Å²) in [6.07, 6.45) is 0. The molecule has 0 aliphatic heterocycles. The molecule has 3 aromatic rings. The molecule has 0 fully saturated rings. The van der Waals surface area contributed by atoms with Crippen LogP contribution in [0.25, 0.3) is 11.1 Å². The van der Waals surface area contributed by atoms with Gasteiger partial charge in [-0.25, -0.2) is 9.36 Å². The first-order valence-corrected chi connectivity index (χ1v) is 5.89. The predicted octanol–water partition coefficient (Wildman–Crippen LogP) is 2.59. The first-order valence-electron chi connectivity index (χ1n) is 5.89. The molecule has 2 aromatic carbocycles. The first kappa shape index (κ1) is 11.5. The topological polar surface area (TPSA) is 52.2 Å². The second-order valence-electron chi connectivity index (χ2n) is 4.30. The van der Waals surface area contributed by atoms with E-state index in [1.165, 1.54) is 0 Å². The Morgan fingerprint density at radius 3 is 2.53 bits per heavy atom. The number of oxazole rings is 1. The SMILES string of the molecule is Cc1cccc2oc(=O)n(C(=O)c3ccccc3)c12. The van der Waals surface area contributed by atoms with E-state index in [0.29, 0.717) is 16.7 Å². The summed E-state index contributed by atoms with van der Waals surface area (Å²) in [5.41, 5.74) is 2.24. The summed E-state index contributed by atoms with van der Waals surface area (Å²) in [6, 6.07) is 14.0. The number of nitrogens with zero attached hydrogens (tertiary/aromatic N) is 1. The molecular formula is C15H11NO3. The molecule has 0 bridgehead atoms. The summed E-state index contributed by atoms with van der Waals surface area (Å²) in [5.74, 6) is -1.03. The van der Waals surface area contributed by atoms with Crippen molar-refractivity contribution in [2.75, 3.05) is 0 Å². The van der Waals surface area contributed by atoms with Crippen LogP contribution in [-0.4, -0.2) is 10.5 Å². The maximum Gasteiger partial charge on any atom is 0.427 e. The Kier molecular flexibility index (Phi) is 2.56. The van der Waals surface area contributed by atoms with E-state index in [1.807, 2.05) is 19.1 Å². The summed E-state index contributed by atoms with van der Waals surface area (Å²) in [6.45, 7) is 1.84. The van der Waals surface area contributed by atoms with Crippen molar-refractivity contribution in [2.45, 2.75) is 6.92 Å². The lowest BCUT2D eigenvalue weighted by molar-refractivity contribution is 0.0956. The zero-order valence-corrected chi connectivity index (χ0v) is 10.3. The fourth-order valence-corrected chi connectivity index (χ4v) is 2.13. The fraction of sp³-hybridized carbons (Fsp3) is 0.0667. The van der Waals surface area contributed by atoms with Gasteiger partial charge in [-0.3, -0.25) is 4.79 Å². The maximum absolute atomic E-state index is 12.4. The number of para-hydroxylation sites is 1. The molecular weight excluding hydrogens is 242 g/mol. The molecule has 94 valence electrons. The molecule has 0 saturated heterocycles. The number of hydrogen-bond acceptors (Lipinski definition) is 3. The van der Waals surface area contributed by atoms with Crippen LogP contribution in [0.4, 0.5) is 0 Å². The largest absolute Gasteiger partial charge is 0.427 e. The summed E-state index contributed by atoms with van der Waals surface area (Å²) in [4.78, 5) is 24.3. The van der Waals surface area contributed by atoms with Crippen molar-refractivity contribution in [3.63, 3.8) is 0 Å². The Bertz CT molecular complexity index is 812. The Balaban J connectivity index is 2.29. The van der Waals surface area contributed by atoms with Gasteiger partial charge in [0.1, 0.15) is 5.52 Å². The highest BCUT2D eigenvalue weighted by Crippen LogP contribution is 2.18. The van der Waals surface area contributed by atoms with Crippen molar-refractivity contribution in [1.29, 1.82) is 0 Å². The van der Waals surface area contributed by atoms with E-state index >= 15 is 0 Å². The van der Waals surface area contributed by atoms with Crippen molar-refractivity contribution in [2.24, 2.45) is 0 Å². The summed E-state index contributed by atoms with van der Waals surface area (Å²) in [5, 5.41) is 0. The van der Waals surface area contributed by atoms with Crippen LogP contribution in [0.3, 0.4) is 0 Å². The van der Waals surface area contributed by atoms with E-state index in [-0.39, 0.29) is 5.91 Å². The highest BCUT2D eigenvalue weighted by molar-refractivity contribution is 6.01. The molecule has 19 heavy (non-hydrogen) atoms. The first-order chi connectivity index (χ1) is 9.18. The second kappa shape index (κ2) is 4.24. The van der Waals surface area contributed by atoms with Crippen molar-refractivity contribution in [3.8, 4) is 0 Å². The molecule has 0 amide bonds. The number of benzene rings is 2. The minimum atomic E-state index is -0.654. The van der Waals surface area contributed by atoms with Gasteiger partial charge in [0, 0.05) is 5.56 Å². The maximum atomic E-state index is 12.4. The number of carbonyl (C=O) groups excluding carboxylic acids is 1. The second-order valence-corrected chi connectivity index (χ2v) is 4.30. The molecule has 0 atom stereocenters. The molecule has 0 saturated carbocycles. The number of fused-ring (bicyclic) bond motifs is 1. The number of hydrogen-bond donors (Lipinski definition) is 0. The van der Waals surface area contributed by atoms with Gasteiger partial charge >= 0.3 is 5.76 Å². The normalized spacial score (nSPS) is 10.8.